The average Bonchev–Trinajstić information content (AvgIpc) is 2.17. The van der Waals surface area contributed by atoms with Gasteiger partial charge in [0.1, 0.15) is 0 Å². The van der Waals surface area contributed by atoms with E-state index in [4.69, 9.17) is 5.11 Å². The van der Waals surface area contributed by atoms with Crippen LogP contribution in [-0.2, 0) is 27.3 Å². The van der Waals surface area contributed by atoms with Crippen LogP contribution >= 0.6 is 15.9 Å². The van der Waals surface area contributed by atoms with Crippen molar-refractivity contribution in [2.45, 2.75) is 0 Å². The van der Waals surface area contributed by atoms with E-state index < -0.39 is 5.97 Å². The zero-order valence-corrected chi connectivity index (χ0v) is 13.5. The van der Waals surface area contributed by atoms with Gasteiger partial charge >= 0.3 is 5.97 Å². The van der Waals surface area contributed by atoms with E-state index in [-0.39, 0.29) is 27.3 Å². The van der Waals surface area contributed by atoms with Gasteiger partial charge in [-0.05, 0) is 17.5 Å². The minimum atomic E-state index is -0.900. The van der Waals surface area contributed by atoms with E-state index in [1.807, 2.05) is 24.3 Å². The molecular weight excluding hydrogens is 356 g/mol. The largest absolute Gasteiger partial charge is 0.478 e. The molecule has 0 aromatic heterocycles. The molecular formula is C11H7BrCdO2. The Balaban J connectivity index is 0.00000112. The van der Waals surface area contributed by atoms with Crippen molar-refractivity contribution in [3.05, 3.63) is 46.4 Å². The molecule has 0 saturated carbocycles. The van der Waals surface area contributed by atoms with Gasteiger partial charge in [-0.25, -0.2) is 4.79 Å². The summed E-state index contributed by atoms with van der Waals surface area (Å²) < 4.78 is 0.813. The molecule has 0 aliphatic heterocycles. The SMILES string of the molecule is O=C(O)c1cccc2cccc(Br)c12.[Cd]. The Labute approximate surface area is 116 Å². The third kappa shape index (κ3) is 2.39. The van der Waals surface area contributed by atoms with Crippen LogP contribution in [0.4, 0.5) is 0 Å². The maximum atomic E-state index is 10.9. The second-order valence-electron chi connectivity index (χ2n) is 2.95. The van der Waals surface area contributed by atoms with Gasteiger partial charge in [-0.15, -0.1) is 0 Å². The molecule has 2 nitrogen and oxygen atoms in total. The minimum absolute atomic E-state index is 0. The van der Waals surface area contributed by atoms with Gasteiger partial charge in [0.2, 0.25) is 0 Å². The fourth-order valence-corrected chi connectivity index (χ4v) is 2.07. The van der Waals surface area contributed by atoms with E-state index in [2.05, 4.69) is 15.9 Å². The number of benzene rings is 2. The molecule has 15 heavy (non-hydrogen) atoms. The summed E-state index contributed by atoms with van der Waals surface area (Å²) in [6.45, 7) is 0. The summed E-state index contributed by atoms with van der Waals surface area (Å²) in [5.74, 6) is -0.900. The smallest absolute Gasteiger partial charge is 0.336 e. The van der Waals surface area contributed by atoms with Crippen molar-refractivity contribution in [2.24, 2.45) is 0 Å². The first-order valence-electron chi connectivity index (χ1n) is 4.10. The van der Waals surface area contributed by atoms with Gasteiger partial charge in [-0.2, -0.15) is 0 Å². The zero-order chi connectivity index (χ0) is 10.1. The third-order valence-electron chi connectivity index (χ3n) is 2.08. The van der Waals surface area contributed by atoms with Crippen LogP contribution in [0.3, 0.4) is 0 Å². The van der Waals surface area contributed by atoms with Crippen LogP contribution in [-0.4, -0.2) is 11.1 Å². The Morgan fingerprint density at radius 1 is 1.13 bits per heavy atom. The Morgan fingerprint density at radius 2 is 1.73 bits per heavy atom. The van der Waals surface area contributed by atoms with Crippen LogP contribution in [0.25, 0.3) is 10.8 Å². The van der Waals surface area contributed by atoms with Gasteiger partial charge in [0.15, 0.2) is 0 Å². The van der Waals surface area contributed by atoms with Crippen molar-refractivity contribution in [1.82, 2.24) is 0 Å². The molecule has 2 aromatic rings. The predicted molar refractivity (Wildman–Crippen MR) is 58.6 cm³/mol. The summed E-state index contributed by atoms with van der Waals surface area (Å²) >= 11 is 3.35. The Kier molecular flexibility index (Phi) is 4.27. The number of carbonyl (C=O) groups is 1. The molecule has 0 spiro atoms. The van der Waals surface area contributed by atoms with Gasteiger partial charge in [0.25, 0.3) is 0 Å². The fraction of sp³-hybridized carbons (Fsp3) is 0. The number of halogens is 1. The number of fused-ring (bicyclic) bond motifs is 1. The Bertz CT molecular complexity index is 506. The van der Waals surface area contributed by atoms with E-state index in [9.17, 15) is 4.79 Å². The van der Waals surface area contributed by atoms with Gasteiger partial charge in [0, 0.05) is 37.2 Å². The van der Waals surface area contributed by atoms with Crippen LogP contribution in [0.1, 0.15) is 10.4 Å². The number of hydrogen-bond donors (Lipinski definition) is 1. The van der Waals surface area contributed by atoms with Crippen molar-refractivity contribution >= 4 is 32.7 Å². The van der Waals surface area contributed by atoms with Crippen molar-refractivity contribution in [1.29, 1.82) is 0 Å². The molecule has 4 heteroatoms. The molecule has 0 atom stereocenters. The Hall–Kier alpha value is -0.428. The van der Waals surface area contributed by atoms with E-state index in [1.165, 1.54) is 0 Å². The van der Waals surface area contributed by atoms with Gasteiger partial charge in [-0.3, -0.25) is 0 Å². The standard InChI is InChI=1S/C11H7BrO2.Cd/c12-9-6-2-4-7-3-1-5-8(10(7)9)11(13)14;/h1-6H,(H,13,14);. The summed E-state index contributed by atoms with van der Waals surface area (Å²) in [4.78, 5) is 10.9. The number of carboxylic acids is 1. The molecule has 0 aliphatic carbocycles. The van der Waals surface area contributed by atoms with E-state index >= 15 is 0 Å². The fourth-order valence-electron chi connectivity index (χ4n) is 1.47. The second kappa shape index (κ2) is 5.07. The first kappa shape index (κ1) is 12.6. The molecule has 2 rings (SSSR count). The van der Waals surface area contributed by atoms with Crippen molar-refractivity contribution < 1.29 is 37.2 Å². The van der Waals surface area contributed by atoms with Crippen LogP contribution in [0.2, 0.25) is 0 Å². The molecule has 0 saturated heterocycles. The zero-order valence-electron chi connectivity index (χ0n) is 7.90. The van der Waals surface area contributed by atoms with Gasteiger partial charge in [-0.1, -0.05) is 40.2 Å². The first-order valence-corrected chi connectivity index (χ1v) is 4.90. The van der Waals surface area contributed by atoms with Crippen LogP contribution in [0.15, 0.2) is 40.9 Å². The van der Waals surface area contributed by atoms with Crippen LogP contribution in [0.5, 0.6) is 0 Å². The summed E-state index contributed by atoms with van der Waals surface area (Å²) in [6, 6.07) is 10.9. The molecule has 1 N–H and O–H groups in total. The van der Waals surface area contributed by atoms with E-state index in [1.54, 1.807) is 12.1 Å². The maximum absolute atomic E-state index is 10.9. The molecule has 0 heterocycles. The molecule has 0 aliphatic rings. The number of rotatable bonds is 1. The maximum Gasteiger partial charge on any atom is 0.336 e. The second-order valence-corrected chi connectivity index (χ2v) is 3.80. The topological polar surface area (TPSA) is 37.3 Å². The molecule has 0 fully saturated rings. The molecule has 0 amide bonds. The monoisotopic (exact) mass is 364 g/mol. The van der Waals surface area contributed by atoms with Crippen LogP contribution in [0, 0.1) is 0 Å². The number of hydrogen-bond acceptors (Lipinski definition) is 1. The number of carboxylic acid groups (broad SMARTS) is 1. The number of aromatic carboxylic acids is 1. The minimum Gasteiger partial charge on any atom is -0.478 e. The molecule has 0 unspecified atom stereocenters. The van der Waals surface area contributed by atoms with Gasteiger partial charge < -0.3 is 5.11 Å². The normalized spacial score (nSPS) is 9.67. The molecule has 0 radical (unpaired) electrons. The van der Waals surface area contributed by atoms with Crippen molar-refractivity contribution in [3.8, 4) is 0 Å². The summed E-state index contributed by atoms with van der Waals surface area (Å²) in [7, 11) is 0. The predicted octanol–water partition coefficient (Wildman–Crippen LogP) is 3.30. The summed E-state index contributed by atoms with van der Waals surface area (Å²) in [6.07, 6.45) is 0. The van der Waals surface area contributed by atoms with E-state index in [0.717, 1.165) is 15.2 Å². The van der Waals surface area contributed by atoms with Crippen LogP contribution < -0.4 is 0 Å². The van der Waals surface area contributed by atoms with Crippen molar-refractivity contribution in [2.75, 3.05) is 0 Å². The summed E-state index contributed by atoms with van der Waals surface area (Å²) in [5, 5.41) is 10.7. The van der Waals surface area contributed by atoms with Crippen molar-refractivity contribution in [3.63, 3.8) is 0 Å². The quantitative estimate of drug-likeness (QED) is 0.790. The average molecular weight is 363 g/mol. The molecule has 0 bridgehead atoms. The Morgan fingerprint density at radius 3 is 2.33 bits per heavy atom. The summed E-state index contributed by atoms with van der Waals surface area (Å²) in [5.41, 5.74) is 0.329. The molecule has 72 valence electrons. The third-order valence-corrected chi connectivity index (χ3v) is 2.75. The molecule has 2 aromatic carbocycles. The first-order chi connectivity index (χ1) is 6.70. The van der Waals surface area contributed by atoms with Gasteiger partial charge in [0.05, 0.1) is 5.56 Å². The van der Waals surface area contributed by atoms with E-state index in [0.29, 0.717) is 5.56 Å².